The summed E-state index contributed by atoms with van der Waals surface area (Å²) in [4.78, 5) is 40.5. The average molecular weight is 374 g/mol. The van der Waals surface area contributed by atoms with Crippen molar-refractivity contribution in [2.24, 2.45) is 18.4 Å². The minimum absolute atomic E-state index is 0.00291. The number of hydrogen-bond acceptors (Lipinski definition) is 4. The fraction of sp³-hybridized carbons (Fsp3) is 0.684. The Kier molecular flexibility index (Phi) is 4.24. The van der Waals surface area contributed by atoms with Gasteiger partial charge in [0.05, 0.1) is 5.69 Å². The fourth-order valence-corrected chi connectivity index (χ4v) is 4.59. The lowest BCUT2D eigenvalue weighted by molar-refractivity contribution is -0.148. The maximum Gasteiger partial charge on any atom is 0.326 e. The summed E-state index contributed by atoms with van der Waals surface area (Å²) in [5, 5.41) is 13.8. The van der Waals surface area contributed by atoms with Crippen molar-refractivity contribution >= 4 is 17.8 Å². The van der Waals surface area contributed by atoms with Crippen LogP contribution in [0.25, 0.3) is 0 Å². The normalized spacial score (nSPS) is 24.4. The van der Waals surface area contributed by atoms with Gasteiger partial charge in [-0.15, -0.1) is 0 Å². The number of aromatic nitrogens is 2. The standard InChI is InChI=1S/C19H26N4O4/c1-12-9-14(21(2)20-12)17(25)22-7-5-19(6-8-22)10-15(18(26)27)23(11-19)16(24)13-3-4-13/h9,13,15H,3-8,10-11H2,1-2H3,(H,26,27). The summed E-state index contributed by atoms with van der Waals surface area (Å²) in [7, 11) is 1.77. The lowest BCUT2D eigenvalue weighted by atomic mass is 9.76. The first-order chi connectivity index (χ1) is 12.8. The van der Waals surface area contributed by atoms with Gasteiger partial charge in [-0.05, 0) is 50.5 Å². The van der Waals surface area contributed by atoms with Crippen molar-refractivity contribution in [3.05, 3.63) is 17.5 Å². The molecule has 3 heterocycles. The van der Waals surface area contributed by atoms with Crippen LogP contribution < -0.4 is 0 Å². The lowest BCUT2D eigenvalue weighted by Crippen LogP contribution is -2.45. The van der Waals surface area contributed by atoms with Crippen LogP contribution >= 0.6 is 0 Å². The van der Waals surface area contributed by atoms with Gasteiger partial charge in [-0.3, -0.25) is 14.3 Å². The summed E-state index contributed by atoms with van der Waals surface area (Å²) < 4.78 is 1.61. The number of carboxylic acid groups (broad SMARTS) is 1. The summed E-state index contributed by atoms with van der Waals surface area (Å²) in [6, 6.07) is 1.07. The Hall–Kier alpha value is -2.38. The molecule has 0 aromatic carbocycles. The molecule has 0 bridgehead atoms. The maximum absolute atomic E-state index is 12.8. The number of likely N-dealkylation sites (tertiary alicyclic amines) is 2. The number of rotatable bonds is 3. The van der Waals surface area contributed by atoms with E-state index in [0.717, 1.165) is 31.4 Å². The summed E-state index contributed by atoms with van der Waals surface area (Å²) in [5.74, 6) is -0.920. The second-order valence-electron chi connectivity index (χ2n) is 8.39. The molecule has 2 aliphatic heterocycles. The zero-order valence-electron chi connectivity index (χ0n) is 15.8. The molecular weight excluding hydrogens is 348 g/mol. The van der Waals surface area contributed by atoms with Crippen LogP contribution in [0.2, 0.25) is 0 Å². The van der Waals surface area contributed by atoms with Gasteiger partial charge in [0.1, 0.15) is 11.7 Å². The van der Waals surface area contributed by atoms with Gasteiger partial charge < -0.3 is 14.9 Å². The highest BCUT2D eigenvalue weighted by Gasteiger charge is 2.52. The van der Waals surface area contributed by atoms with Crippen molar-refractivity contribution in [1.29, 1.82) is 0 Å². The first-order valence-corrected chi connectivity index (χ1v) is 9.63. The molecule has 1 aromatic heterocycles. The van der Waals surface area contributed by atoms with Crippen LogP contribution in [0.5, 0.6) is 0 Å². The second kappa shape index (κ2) is 6.35. The highest BCUT2D eigenvalue weighted by Crippen LogP contribution is 2.45. The molecule has 8 nitrogen and oxygen atoms in total. The molecule has 3 fully saturated rings. The van der Waals surface area contributed by atoms with E-state index in [1.54, 1.807) is 22.7 Å². The Morgan fingerprint density at radius 2 is 1.89 bits per heavy atom. The van der Waals surface area contributed by atoms with Crippen LogP contribution in [-0.4, -0.2) is 68.1 Å². The molecule has 1 atom stereocenters. The number of amides is 2. The van der Waals surface area contributed by atoms with Gasteiger partial charge in [0.15, 0.2) is 0 Å². The Morgan fingerprint density at radius 1 is 1.22 bits per heavy atom. The third-order valence-corrected chi connectivity index (χ3v) is 6.34. The molecule has 8 heteroatoms. The van der Waals surface area contributed by atoms with Crippen molar-refractivity contribution in [2.45, 2.75) is 45.1 Å². The molecule has 3 aliphatic rings. The van der Waals surface area contributed by atoms with E-state index < -0.39 is 12.0 Å². The van der Waals surface area contributed by atoms with E-state index >= 15 is 0 Å². The highest BCUT2D eigenvalue weighted by atomic mass is 16.4. The number of carboxylic acids is 1. The van der Waals surface area contributed by atoms with Crippen LogP contribution in [0, 0.1) is 18.3 Å². The van der Waals surface area contributed by atoms with E-state index in [4.69, 9.17) is 0 Å². The molecule has 27 heavy (non-hydrogen) atoms. The van der Waals surface area contributed by atoms with Crippen molar-refractivity contribution in [3.8, 4) is 0 Å². The third kappa shape index (κ3) is 3.21. The minimum atomic E-state index is -0.912. The van der Waals surface area contributed by atoms with Crippen LogP contribution in [-0.2, 0) is 16.6 Å². The zero-order chi connectivity index (χ0) is 19.3. The summed E-state index contributed by atoms with van der Waals surface area (Å²) >= 11 is 0. The molecular formula is C19H26N4O4. The minimum Gasteiger partial charge on any atom is -0.480 e. The molecule has 1 spiro atoms. The molecule has 1 saturated carbocycles. The van der Waals surface area contributed by atoms with Gasteiger partial charge in [-0.25, -0.2) is 4.79 Å². The van der Waals surface area contributed by atoms with Gasteiger partial charge in [-0.1, -0.05) is 0 Å². The Labute approximate surface area is 158 Å². The predicted octanol–water partition coefficient (Wildman–Crippen LogP) is 1.05. The van der Waals surface area contributed by atoms with E-state index in [2.05, 4.69) is 5.10 Å². The molecule has 146 valence electrons. The molecule has 1 aromatic rings. The third-order valence-electron chi connectivity index (χ3n) is 6.34. The van der Waals surface area contributed by atoms with E-state index in [1.807, 2.05) is 11.8 Å². The van der Waals surface area contributed by atoms with Crippen LogP contribution in [0.1, 0.15) is 48.3 Å². The van der Waals surface area contributed by atoms with Crippen molar-refractivity contribution in [2.75, 3.05) is 19.6 Å². The van der Waals surface area contributed by atoms with Gasteiger partial charge in [0.25, 0.3) is 5.91 Å². The topological polar surface area (TPSA) is 95.7 Å². The molecule has 1 N–H and O–H groups in total. The number of aryl methyl sites for hydroxylation is 2. The molecule has 0 radical (unpaired) electrons. The van der Waals surface area contributed by atoms with E-state index in [-0.39, 0.29) is 23.1 Å². The van der Waals surface area contributed by atoms with E-state index in [9.17, 15) is 19.5 Å². The Bertz CT molecular complexity index is 790. The lowest BCUT2D eigenvalue weighted by Gasteiger charge is -2.39. The van der Waals surface area contributed by atoms with Crippen LogP contribution in [0.15, 0.2) is 6.07 Å². The number of nitrogens with zero attached hydrogens (tertiary/aromatic N) is 4. The molecule has 1 aliphatic carbocycles. The number of carbonyl (C=O) groups is 3. The summed E-state index contributed by atoms with van der Waals surface area (Å²) in [6.07, 6.45) is 3.71. The number of piperidine rings is 1. The highest BCUT2D eigenvalue weighted by molar-refractivity contribution is 5.92. The first-order valence-electron chi connectivity index (χ1n) is 9.63. The second-order valence-corrected chi connectivity index (χ2v) is 8.39. The molecule has 4 rings (SSSR count). The van der Waals surface area contributed by atoms with Crippen LogP contribution in [0.4, 0.5) is 0 Å². The monoisotopic (exact) mass is 374 g/mol. The van der Waals surface area contributed by atoms with Crippen LogP contribution in [0.3, 0.4) is 0 Å². The molecule has 2 saturated heterocycles. The van der Waals surface area contributed by atoms with E-state index in [0.29, 0.717) is 31.7 Å². The smallest absolute Gasteiger partial charge is 0.326 e. The van der Waals surface area contributed by atoms with Gasteiger partial charge in [-0.2, -0.15) is 5.10 Å². The maximum atomic E-state index is 12.8. The SMILES string of the molecule is Cc1cc(C(=O)N2CCC3(CC2)CC(C(=O)O)N(C(=O)C2CC2)C3)n(C)n1. The van der Waals surface area contributed by atoms with Crippen molar-refractivity contribution < 1.29 is 19.5 Å². The quantitative estimate of drug-likeness (QED) is 0.853. The fourth-order valence-electron chi connectivity index (χ4n) is 4.59. The Morgan fingerprint density at radius 3 is 2.41 bits per heavy atom. The predicted molar refractivity (Wildman–Crippen MR) is 96.0 cm³/mol. The molecule has 2 amide bonds. The van der Waals surface area contributed by atoms with E-state index in [1.165, 1.54) is 0 Å². The Balaban J connectivity index is 1.45. The largest absolute Gasteiger partial charge is 0.480 e. The number of aliphatic carboxylic acids is 1. The van der Waals surface area contributed by atoms with Gasteiger partial charge in [0.2, 0.25) is 5.91 Å². The van der Waals surface area contributed by atoms with Gasteiger partial charge >= 0.3 is 5.97 Å². The number of carbonyl (C=O) groups excluding carboxylic acids is 2. The van der Waals surface area contributed by atoms with Gasteiger partial charge in [0, 0.05) is 32.6 Å². The van der Waals surface area contributed by atoms with Crippen molar-refractivity contribution in [1.82, 2.24) is 19.6 Å². The summed E-state index contributed by atoms with van der Waals surface area (Å²) in [6.45, 7) is 3.53. The van der Waals surface area contributed by atoms with Crippen molar-refractivity contribution in [3.63, 3.8) is 0 Å². The molecule has 1 unspecified atom stereocenters. The average Bonchev–Trinajstić information content (AvgIpc) is 3.33. The number of hydrogen-bond donors (Lipinski definition) is 1. The zero-order valence-corrected chi connectivity index (χ0v) is 15.8. The first kappa shape index (κ1) is 18.0. The summed E-state index contributed by atoms with van der Waals surface area (Å²) in [5.41, 5.74) is 1.19.